The fourth-order valence-corrected chi connectivity index (χ4v) is 2.33. The molecule has 0 aliphatic carbocycles. The highest BCUT2D eigenvalue weighted by Crippen LogP contribution is 2.21. The number of hydrogen-bond donors (Lipinski definition) is 2. The predicted octanol–water partition coefficient (Wildman–Crippen LogP) is 2.77. The molecular formula is C16H15N3O3. The lowest BCUT2D eigenvalue weighted by Gasteiger charge is -2.13. The first-order valence-electron chi connectivity index (χ1n) is 6.89. The molecule has 2 N–H and O–H groups in total. The van der Waals surface area contributed by atoms with Crippen LogP contribution in [0.5, 0.6) is 0 Å². The van der Waals surface area contributed by atoms with Crippen LogP contribution in [-0.4, -0.2) is 22.3 Å². The van der Waals surface area contributed by atoms with Gasteiger partial charge in [-0.15, -0.1) is 0 Å². The number of rotatable bonds is 4. The Morgan fingerprint density at radius 2 is 2.18 bits per heavy atom. The molecule has 0 unspecified atom stereocenters. The molecule has 0 saturated heterocycles. The number of carbonyl (C=O) groups is 2. The Kier molecular flexibility index (Phi) is 3.50. The Labute approximate surface area is 126 Å². The number of hydrogen-bond acceptors (Lipinski definition) is 4. The Bertz CT molecular complexity index is 847. The smallest absolute Gasteiger partial charge is 0.290 e. The van der Waals surface area contributed by atoms with Gasteiger partial charge in [-0.25, -0.2) is 0 Å². The number of aryl methyl sites for hydroxylation is 1. The van der Waals surface area contributed by atoms with Crippen LogP contribution in [0.3, 0.4) is 0 Å². The van der Waals surface area contributed by atoms with Gasteiger partial charge in [0.15, 0.2) is 6.29 Å². The van der Waals surface area contributed by atoms with Crippen molar-refractivity contribution in [3.63, 3.8) is 0 Å². The zero-order valence-electron chi connectivity index (χ0n) is 12.2. The van der Waals surface area contributed by atoms with Crippen LogP contribution in [0.15, 0.2) is 34.9 Å². The van der Waals surface area contributed by atoms with Gasteiger partial charge in [0.25, 0.3) is 5.91 Å². The van der Waals surface area contributed by atoms with Crippen LogP contribution in [0.4, 0.5) is 0 Å². The van der Waals surface area contributed by atoms with Crippen molar-refractivity contribution in [3.05, 3.63) is 53.0 Å². The lowest BCUT2D eigenvalue weighted by atomic mass is 10.1. The van der Waals surface area contributed by atoms with Crippen molar-refractivity contribution in [2.24, 2.45) is 0 Å². The Balaban J connectivity index is 1.80. The molecule has 22 heavy (non-hydrogen) atoms. The maximum absolute atomic E-state index is 12.1. The largest absolute Gasteiger partial charge is 0.352 e. The Hall–Kier alpha value is -2.89. The summed E-state index contributed by atoms with van der Waals surface area (Å²) in [5.74, 6) is -0.119. The molecule has 0 spiro atoms. The van der Waals surface area contributed by atoms with E-state index in [1.165, 1.54) is 0 Å². The van der Waals surface area contributed by atoms with Gasteiger partial charge in [0, 0.05) is 17.0 Å². The average Bonchev–Trinajstić information content (AvgIpc) is 3.11. The number of amides is 1. The molecule has 3 rings (SSSR count). The van der Waals surface area contributed by atoms with Crippen LogP contribution in [0.25, 0.3) is 10.9 Å². The number of fused-ring (bicyclic) bond motifs is 1. The second-order valence-corrected chi connectivity index (χ2v) is 5.22. The summed E-state index contributed by atoms with van der Waals surface area (Å²) in [7, 11) is 0. The molecule has 0 aliphatic heterocycles. The maximum Gasteiger partial charge on any atom is 0.290 e. The normalized spacial score (nSPS) is 12.3. The fraction of sp³-hybridized carbons (Fsp3) is 0.188. The van der Waals surface area contributed by atoms with E-state index in [0.717, 1.165) is 22.8 Å². The summed E-state index contributed by atoms with van der Waals surface area (Å²) in [6, 6.07) is 8.91. The summed E-state index contributed by atoms with van der Waals surface area (Å²) in [6.07, 6.45) is 0.775. The van der Waals surface area contributed by atoms with E-state index >= 15 is 0 Å². The zero-order chi connectivity index (χ0) is 15.7. The highest BCUT2D eigenvalue weighted by atomic mass is 16.5. The van der Waals surface area contributed by atoms with Crippen LogP contribution in [-0.2, 0) is 0 Å². The van der Waals surface area contributed by atoms with Crippen molar-refractivity contribution >= 4 is 23.1 Å². The summed E-state index contributed by atoms with van der Waals surface area (Å²) in [4.78, 5) is 25.9. The molecule has 2 heterocycles. The van der Waals surface area contributed by atoms with Gasteiger partial charge in [0.05, 0.1) is 17.4 Å². The van der Waals surface area contributed by atoms with Crippen molar-refractivity contribution in [1.82, 2.24) is 15.5 Å². The van der Waals surface area contributed by atoms with Crippen molar-refractivity contribution in [2.75, 3.05) is 0 Å². The van der Waals surface area contributed by atoms with Crippen molar-refractivity contribution in [1.29, 1.82) is 0 Å². The third-order valence-electron chi connectivity index (χ3n) is 3.49. The summed E-state index contributed by atoms with van der Waals surface area (Å²) >= 11 is 0. The van der Waals surface area contributed by atoms with Crippen LogP contribution < -0.4 is 5.32 Å². The second kappa shape index (κ2) is 5.48. The summed E-state index contributed by atoms with van der Waals surface area (Å²) in [6.45, 7) is 3.64. The SMILES string of the molecule is Cc1cc(C(=O)N[C@H](C)c2ccc3[nH]c(C=O)cc3c2)on1. The topological polar surface area (TPSA) is 88.0 Å². The molecule has 1 aromatic carbocycles. The van der Waals surface area contributed by atoms with Gasteiger partial charge in [0.2, 0.25) is 5.76 Å². The molecule has 0 bridgehead atoms. The lowest BCUT2D eigenvalue weighted by Crippen LogP contribution is -2.26. The number of carbonyl (C=O) groups excluding carboxylic acids is 2. The first-order valence-corrected chi connectivity index (χ1v) is 6.89. The molecular weight excluding hydrogens is 282 g/mol. The molecule has 1 atom stereocenters. The van der Waals surface area contributed by atoms with Gasteiger partial charge in [0.1, 0.15) is 0 Å². The summed E-state index contributed by atoms with van der Waals surface area (Å²) < 4.78 is 4.95. The molecule has 3 aromatic rings. The number of benzene rings is 1. The predicted molar refractivity (Wildman–Crippen MR) is 80.8 cm³/mol. The molecule has 0 fully saturated rings. The first-order chi connectivity index (χ1) is 10.6. The van der Waals surface area contributed by atoms with Gasteiger partial charge in [-0.2, -0.15) is 0 Å². The van der Waals surface area contributed by atoms with Crippen LogP contribution in [0, 0.1) is 6.92 Å². The van der Waals surface area contributed by atoms with E-state index in [0.29, 0.717) is 11.4 Å². The lowest BCUT2D eigenvalue weighted by molar-refractivity contribution is 0.0902. The van der Waals surface area contributed by atoms with E-state index < -0.39 is 0 Å². The first kappa shape index (κ1) is 14.1. The van der Waals surface area contributed by atoms with Gasteiger partial charge in [-0.3, -0.25) is 9.59 Å². The minimum atomic E-state index is -0.309. The average molecular weight is 297 g/mol. The Morgan fingerprint density at radius 1 is 1.36 bits per heavy atom. The van der Waals surface area contributed by atoms with Gasteiger partial charge in [-0.05, 0) is 37.6 Å². The van der Waals surface area contributed by atoms with Crippen LogP contribution >= 0.6 is 0 Å². The highest BCUT2D eigenvalue weighted by Gasteiger charge is 2.15. The number of H-pyrrole nitrogens is 1. The second-order valence-electron chi connectivity index (χ2n) is 5.22. The molecule has 0 radical (unpaired) electrons. The minimum Gasteiger partial charge on any atom is -0.352 e. The molecule has 112 valence electrons. The van der Waals surface area contributed by atoms with Crippen molar-refractivity contribution in [2.45, 2.75) is 19.9 Å². The van der Waals surface area contributed by atoms with E-state index in [9.17, 15) is 9.59 Å². The van der Waals surface area contributed by atoms with Gasteiger partial charge in [-0.1, -0.05) is 11.2 Å². The third-order valence-corrected chi connectivity index (χ3v) is 3.49. The number of nitrogens with zero attached hydrogens (tertiary/aromatic N) is 1. The van der Waals surface area contributed by atoms with Crippen LogP contribution in [0.2, 0.25) is 0 Å². The molecule has 2 aromatic heterocycles. The highest BCUT2D eigenvalue weighted by molar-refractivity contribution is 5.92. The minimum absolute atomic E-state index is 0.190. The number of aromatic nitrogens is 2. The van der Waals surface area contributed by atoms with E-state index in [4.69, 9.17) is 4.52 Å². The van der Waals surface area contributed by atoms with Crippen molar-refractivity contribution in [3.8, 4) is 0 Å². The monoisotopic (exact) mass is 297 g/mol. The molecule has 0 aliphatic rings. The van der Waals surface area contributed by atoms with Gasteiger partial charge < -0.3 is 14.8 Å². The number of aldehydes is 1. The molecule has 0 saturated carbocycles. The van der Waals surface area contributed by atoms with E-state index in [2.05, 4.69) is 15.5 Å². The van der Waals surface area contributed by atoms with Crippen molar-refractivity contribution < 1.29 is 14.1 Å². The standard InChI is InChI=1S/C16H15N3O3/c1-9-5-15(22-19-9)16(21)17-10(2)11-3-4-14-12(6-11)7-13(8-20)18-14/h3-8,10,18H,1-2H3,(H,17,21)/t10-/m1/s1. The van der Waals surface area contributed by atoms with E-state index in [1.54, 1.807) is 19.1 Å². The van der Waals surface area contributed by atoms with Gasteiger partial charge >= 0.3 is 0 Å². The number of nitrogens with one attached hydrogen (secondary N) is 2. The fourth-order valence-electron chi connectivity index (χ4n) is 2.33. The molecule has 1 amide bonds. The zero-order valence-corrected chi connectivity index (χ0v) is 12.2. The maximum atomic E-state index is 12.1. The molecule has 6 heteroatoms. The molecule has 6 nitrogen and oxygen atoms in total. The summed E-state index contributed by atoms with van der Waals surface area (Å²) in [5.41, 5.74) is 3.01. The van der Waals surface area contributed by atoms with E-state index in [1.807, 2.05) is 25.1 Å². The third kappa shape index (κ3) is 2.63. The summed E-state index contributed by atoms with van der Waals surface area (Å²) in [5, 5.41) is 7.48. The Morgan fingerprint density at radius 3 is 2.86 bits per heavy atom. The van der Waals surface area contributed by atoms with Crippen LogP contribution in [0.1, 0.15) is 45.3 Å². The number of aromatic amines is 1. The quantitative estimate of drug-likeness (QED) is 0.725. The van der Waals surface area contributed by atoms with E-state index in [-0.39, 0.29) is 17.7 Å².